The number of benzene rings is 1. The first-order valence-electron chi connectivity index (χ1n) is 6.48. The predicted molar refractivity (Wildman–Crippen MR) is 71.7 cm³/mol. The molecule has 1 amide bonds. The third kappa shape index (κ3) is 5.38. The number of nitrogens with one attached hydrogen (secondary N) is 1. The van der Waals surface area contributed by atoms with E-state index in [1.165, 1.54) is 5.32 Å². The summed E-state index contributed by atoms with van der Waals surface area (Å²) in [6.07, 6.45) is -0.847. The molecule has 0 aliphatic carbocycles. The van der Waals surface area contributed by atoms with Crippen molar-refractivity contribution in [3.8, 4) is 0 Å². The molecule has 1 aromatic carbocycles. The fourth-order valence-electron chi connectivity index (χ4n) is 1.74. The Morgan fingerprint density at radius 1 is 1.40 bits per heavy atom. The van der Waals surface area contributed by atoms with Gasteiger partial charge < -0.3 is 25.6 Å². The van der Waals surface area contributed by atoms with Crippen LogP contribution >= 0.6 is 0 Å². The molecule has 1 rings (SSSR count). The molecule has 0 saturated heterocycles. The topological polar surface area (TPSA) is 106 Å². The molecular formula is C14H20N2O4. The molecule has 6 nitrogen and oxygen atoms in total. The van der Waals surface area contributed by atoms with Crippen LogP contribution in [0.15, 0.2) is 24.3 Å². The van der Waals surface area contributed by atoms with E-state index >= 15 is 0 Å². The number of anilines is 1. The molecule has 1 aromatic rings. The Morgan fingerprint density at radius 3 is 2.60 bits per heavy atom. The number of aliphatic carboxylic acids is 1. The molecule has 0 saturated carbocycles. The van der Waals surface area contributed by atoms with Crippen LogP contribution in [0.5, 0.6) is 0 Å². The van der Waals surface area contributed by atoms with Gasteiger partial charge in [0.15, 0.2) is 0 Å². The van der Waals surface area contributed by atoms with Gasteiger partial charge in [-0.05, 0) is 25.5 Å². The van der Waals surface area contributed by atoms with Gasteiger partial charge in [-0.1, -0.05) is 18.2 Å². The van der Waals surface area contributed by atoms with Crippen LogP contribution in [0.25, 0.3) is 0 Å². The second-order valence-electron chi connectivity index (χ2n) is 4.81. The summed E-state index contributed by atoms with van der Waals surface area (Å²) in [6.45, 7) is 3.61. The Morgan fingerprint density at radius 2 is 2.05 bits per heavy atom. The van der Waals surface area contributed by atoms with Crippen LogP contribution in [0.2, 0.25) is 0 Å². The number of carbonyl (C=O) groups is 2. The SMILES string of the molecule is Cc1ccccc1NC(=O)C[C@H]([NH2+]C[C@@H](C)O)C(=O)[O-]. The van der Waals surface area contributed by atoms with Crippen molar-refractivity contribution in [2.75, 3.05) is 11.9 Å². The van der Waals surface area contributed by atoms with E-state index in [1.54, 1.807) is 19.1 Å². The lowest BCUT2D eigenvalue weighted by molar-refractivity contribution is -0.687. The highest BCUT2D eigenvalue weighted by molar-refractivity contribution is 5.93. The first-order valence-corrected chi connectivity index (χ1v) is 6.48. The predicted octanol–water partition coefficient (Wildman–Crippen LogP) is -1.61. The van der Waals surface area contributed by atoms with Crippen molar-refractivity contribution in [1.82, 2.24) is 0 Å². The fraction of sp³-hybridized carbons (Fsp3) is 0.429. The van der Waals surface area contributed by atoms with Gasteiger partial charge in [0.2, 0.25) is 5.91 Å². The van der Waals surface area contributed by atoms with Crippen molar-refractivity contribution in [2.45, 2.75) is 32.4 Å². The quantitative estimate of drug-likeness (QED) is 0.558. The minimum absolute atomic E-state index is 0.205. The summed E-state index contributed by atoms with van der Waals surface area (Å²) in [5.74, 6) is -1.71. The molecule has 0 spiro atoms. The number of aryl methyl sites for hydroxylation is 1. The maximum absolute atomic E-state index is 11.8. The molecule has 0 radical (unpaired) electrons. The van der Waals surface area contributed by atoms with Crippen LogP contribution in [-0.4, -0.2) is 35.7 Å². The second-order valence-corrected chi connectivity index (χ2v) is 4.81. The summed E-state index contributed by atoms with van der Waals surface area (Å²) in [4.78, 5) is 22.8. The normalized spacial score (nSPS) is 13.6. The van der Waals surface area contributed by atoms with Gasteiger partial charge in [0.1, 0.15) is 12.6 Å². The maximum atomic E-state index is 11.8. The highest BCUT2D eigenvalue weighted by Gasteiger charge is 2.19. The van der Waals surface area contributed by atoms with Crippen molar-refractivity contribution in [2.24, 2.45) is 0 Å². The monoisotopic (exact) mass is 280 g/mol. The molecule has 6 heteroatoms. The Balaban J connectivity index is 2.58. The highest BCUT2D eigenvalue weighted by atomic mass is 16.4. The Kier molecular flexibility index (Phi) is 6.14. The van der Waals surface area contributed by atoms with E-state index in [1.807, 2.05) is 19.1 Å². The molecule has 0 bridgehead atoms. The summed E-state index contributed by atoms with van der Waals surface area (Å²) in [5.41, 5.74) is 1.56. The Labute approximate surface area is 117 Å². The molecule has 0 heterocycles. The van der Waals surface area contributed by atoms with Gasteiger partial charge in [0, 0.05) is 5.69 Å². The molecule has 0 aliphatic rings. The largest absolute Gasteiger partial charge is 0.544 e. The third-order valence-electron chi connectivity index (χ3n) is 2.89. The standard InChI is InChI=1S/C14H20N2O4/c1-9-5-3-4-6-11(9)16-13(18)7-12(14(19)20)15-8-10(2)17/h3-6,10,12,15,17H,7-8H2,1-2H3,(H,16,18)(H,19,20)/t10-,12+/m1/s1. The average molecular weight is 280 g/mol. The van der Waals surface area contributed by atoms with Gasteiger partial charge in [0.05, 0.1) is 18.5 Å². The number of quaternary nitrogens is 1. The van der Waals surface area contributed by atoms with E-state index in [0.717, 1.165) is 5.56 Å². The summed E-state index contributed by atoms with van der Waals surface area (Å²) < 4.78 is 0. The smallest absolute Gasteiger partial charge is 0.230 e. The molecule has 4 N–H and O–H groups in total. The van der Waals surface area contributed by atoms with E-state index in [4.69, 9.17) is 5.11 Å². The van der Waals surface area contributed by atoms with Gasteiger partial charge in [0.25, 0.3) is 0 Å². The van der Waals surface area contributed by atoms with Gasteiger partial charge in [-0.15, -0.1) is 0 Å². The van der Waals surface area contributed by atoms with Crippen LogP contribution < -0.4 is 15.7 Å². The van der Waals surface area contributed by atoms with Gasteiger partial charge in [-0.2, -0.15) is 0 Å². The van der Waals surface area contributed by atoms with Crippen LogP contribution in [0.3, 0.4) is 0 Å². The molecule has 2 atom stereocenters. The van der Waals surface area contributed by atoms with E-state index in [0.29, 0.717) is 5.69 Å². The zero-order valence-corrected chi connectivity index (χ0v) is 11.6. The van der Waals surface area contributed by atoms with Crippen molar-refractivity contribution in [3.63, 3.8) is 0 Å². The van der Waals surface area contributed by atoms with Gasteiger partial charge >= 0.3 is 0 Å². The van der Waals surface area contributed by atoms with E-state index in [2.05, 4.69) is 5.32 Å². The van der Waals surface area contributed by atoms with Gasteiger partial charge in [-0.25, -0.2) is 0 Å². The number of carbonyl (C=O) groups excluding carboxylic acids is 2. The first-order chi connectivity index (χ1) is 9.40. The number of aliphatic hydroxyl groups is 1. The number of carboxylic acid groups (broad SMARTS) is 1. The van der Waals surface area contributed by atoms with Gasteiger partial charge in [-0.3, -0.25) is 4.79 Å². The summed E-state index contributed by atoms with van der Waals surface area (Å²) in [6, 6.07) is 6.24. The van der Waals surface area contributed by atoms with Crippen molar-refractivity contribution >= 4 is 17.6 Å². The minimum Gasteiger partial charge on any atom is -0.544 e. The summed E-state index contributed by atoms with van der Waals surface area (Å²) in [7, 11) is 0. The van der Waals surface area contributed by atoms with Crippen molar-refractivity contribution in [1.29, 1.82) is 0 Å². The third-order valence-corrected chi connectivity index (χ3v) is 2.89. The zero-order chi connectivity index (χ0) is 15.1. The van der Waals surface area contributed by atoms with Crippen LogP contribution in [-0.2, 0) is 9.59 Å². The number of hydrogen-bond acceptors (Lipinski definition) is 4. The number of rotatable bonds is 7. The van der Waals surface area contributed by atoms with E-state index in [9.17, 15) is 14.7 Å². The molecule has 20 heavy (non-hydrogen) atoms. The average Bonchev–Trinajstić information content (AvgIpc) is 2.36. The zero-order valence-electron chi connectivity index (χ0n) is 11.6. The van der Waals surface area contributed by atoms with Crippen LogP contribution in [0.1, 0.15) is 18.9 Å². The molecular weight excluding hydrogens is 260 g/mol. The lowest BCUT2D eigenvalue weighted by Crippen LogP contribution is -2.94. The lowest BCUT2D eigenvalue weighted by Gasteiger charge is -2.17. The molecule has 0 aromatic heterocycles. The molecule has 0 unspecified atom stereocenters. The molecule has 0 aliphatic heterocycles. The molecule has 110 valence electrons. The first kappa shape index (κ1) is 16.1. The Bertz CT molecular complexity index is 474. The van der Waals surface area contributed by atoms with Crippen LogP contribution in [0.4, 0.5) is 5.69 Å². The maximum Gasteiger partial charge on any atom is 0.230 e. The van der Waals surface area contributed by atoms with E-state index in [-0.39, 0.29) is 13.0 Å². The summed E-state index contributed by atoms with van der Waals surface area (Å²) >= 11 is 0. The van der Waals surface area contributed by atoms with Crippen molar-refractivity contribution < 1.29 is 25.1 Å². The minimum atomic E-state index is -1.31. The highest BCUT2D eigenvalue weighted by Crippen LogP contribution is 2.13. The Hall–Kier alpha value is -1.92. The van der Waals surface area contributed by atoms with Crippen molar-refractivity contribution in [3.05, 3.63) is 29.8 Å². The number of hydrogen-bond donors (Lipinski definition) is 3. The lowest BCUT2D eigenvalue weighted by atomic mass is 10.1. The number of carboxylic acids is 1. The number of aliphatic hydroxyl groups excluding tert-OH is 1. The fourth-order valence-corrected chi connectivity index (χ4v) is 1.74. The number of amides is 1. The number of nitrogens with two attached hydrogens (primary N) is 1. The molecule has 0 fully saturated rings. The van der Waals surface area contributed by atoms with Crippen LogP contribution in [0, 0.1) is 6.92 Å². The number of para-hydroxylation sites is 1. The summed E-state index contributed by atoms with van der Waals surface area (Å²) in [5, 5.41) is 24.2. The second kappa shape index (κ2) is 7.62. The van der Waals surface area contributed by atoms with E-state index < -0.39 is 24.0 Å².